The van der Waals surface area contributed by atoms with E-state index in [1.54, 1.807) is 0 Å². The first-order valence-electron chi connectivity index (χ1n) is 18.6. The number of nitrogen functional groups attached to an aromatic ring is 2. The van der Waals surface area contributed by atoms with Crippen LogP contribution in [0.2, 0.25) is 0 Å². The molecule has 0 aromatic carbocycles. The number of hydrogen-bond donors (Lipinski definition) is 6. The number of oxime groups is 2. The molecule has 0 aliphatic carbocycles. The fraction of sp³-hybridized carbons (Fsp3) is 0.471. The molecule has 4 fully saturated rings. The first-order valence-corrected chi connectivity index (χ1v) is 20.3. The number of carboxylic acids is 4. The van der Waals surface area contributed by atoms with Crippen LogP contribution in [0.25, 0.3) is 0 Å². The third-order valence-electron chi connectivity index (χ3n) is 9.26. The van der Waals surface area contributed by atoms with Crippen molar-refractivity contribution in [3.8, 4) is 0 Å². The third-order valence-corrected chi connectivity index (χ3v) is 10.6. The predicted molar refractivity (Wildman–Crippen MR) is 207 cm³/mol. The summed E-state index contributed by atoms with van der Waals surface area (Å²) in [5.74, 6) is -12.3. The quantitative estimate of drug-likeness (QED) is 0.0393. The average molecular weight is 1010 g/mol. The van der Waals surface area contributed by atoms with Crippen molar-refractivity contribution in [1.29, 1.82) is 0 Å². The maximum atomic E-state index is 12.8. The number of nitrogens with zero attached hydrogens (tertiary/aromatic N) is 6. The van der Waals surface area contributed by atoms with Crippen molar-refractivity contribution in [2.75, 3.05) is 24.7 Å². The fourth-order valence-corrected chi connectivity index (χ4v) is 6.63. The monoisotopic (exact) mass is 1010 g/mol. The Bertz CT molecular complexity index is 2280. The van der Waals surface area contributed by atoms with E-state index < -0.39 is 132 Å². The van der Waals surface area contributed by atoms with E-state index in [0.717, 1.165) is 22.7 Å². The summed E-state index contributed by atoms with van der Waals surface area (Å²) in [5, 5.41) is 56.8. The SMILES string of the molecule is CC(C)(ON=C(C(=O)N[C@H]1CON(C2(C(=O)[O-])CCC(=O)O2)C1=O)c1csc(N)n1)C(=O)O.CC(C)(ON=C(C(=O)N[C@H]1CON(C2(C(=O)[O-])CCC(=O)O2)C1=O)c1csc(N)n1)C(=O)O.[Na+].[Na+]. The van der Waals surface area contributed by atoms with Crippen LogP contribution < -0.4 is 91.4 Å². The number of nitrogens with two attached hydrogens (primary N) is 2. The molecule has 4 amide bonds. The minimum Gasteiger partial charge on any atom is -0.544 e. The molecule has 68 heavy (non-hydrogen) atoms. The Morgan fingerprint density at radius 1 is 0.721 bits per heavy atom. The zero-order valence-electron chi connectivity index (χ0n) is 36.4. The summed E-state index contributed by atoms with van der Waals surface area (Å²) in [6.45, 7) is 3.78. The molecule has 2 aromatic rings. The van der Waals surface area contributed by atoms with Crippen LogP contribution in [0.5, 0.6) is 0 Å². The number of rotatable bonds is 16. The van der Waals surface area contributed by atoms with Crippen molar-refractivity contribution in [1.82, 2.24) is 30.7 Å². The summed E-state index contributed by atoms with van der Waals surface area (Å²) in [6.07, 6.45) is -1.36. The number of amides is 4. The van der Waals surface area contributed by atoms with Gasteiger partial charge in [-0.1, -0.05) is 10.3 Å². The van der Waals surface area contributed by atoms with Gasteiger partial charge in [0.15, 0.2) is 21.7 Å². The summed E-state index contributed by atoms with van der Waals surface area (Å²) in [5.41, 5.74) is 1.53. The molecule has 356 valence electrons. The van der Waals surface area contributed by atoms with Crippen LogP contribution in [0.1, 0.15) is 64.8 Å². The van der Waals surface area contributed by atoms with Gasteiger partial charge < -0.3 is 71.3 Å². The minimum absolute atomic E-state index is 0. The number of hydrogen-bond acceptors (Lipinski definition) is 26. The van der Waals surface area contributed by atoms with Crippen LogP contribution in [-0.4, -0.2) is 149 Å². The molecule has 4 aliphatic heterocycles. The molecule has 0 spiro atoms. The van der Waals surface area contributed by atoms with E-state index in [1.165, 1.54) is 38.5 Å². The van der Waals surface area contributed by atoms with E-state index in [4.69, 9.17) is 50.5 Å². The average Bonchev–Trinajstić information content (AvgIpc) is 4.11. The van der Waals surface area contributed by atoms with Gasteiger partial charge in [0.25, 0.3) is 35.1 Å². The topological polar surface area (TPSA) is 446 Å². The van der Waals surface area contributed by atoms with Crippen LogP contribution >= 0.6 is 22.7 Å². The van der Waals surface area contributed by atoms with Crippen LogP contribution in [0.15, 0.2) is 21.1 Å². The largest absolute Gasteiger partial charge is 1.00 e. The van der Waals surface area contributed by atoms with Gasteiger partial charge in [-0.3, -0.25) is 38.4 Å². The molecule has 34 heteroatoms. The fourth-order valence-electron chi connectivity index (χ4n) is 5.54. The maximum Gasteiger partial charge on any atom is 1.00 e. The molecule has 2 unspecified atom stereocenters. The van der Waals surface area contributed by atoms with Gasteiger partial charge >= 0.3 is 83.0 Å². The molecule has 0 bridgehead atoms. The number of carbonyl (C=O) groups excluding carboxylic acids is 8. The minimum atomic E-state index is -2.46. The summed E-state index contributed by atoms with van der Waals surface area (Å²) < 4.78 is 9.56. The van der Waals surface area contributed by atoms with E-state index in [1.807, 2.05) is 0 Å². The number of thiazole rings is 2. The second-order valence-electron chi connectivity index (χ2n) is 14.8. The number of aromatic nitrogens is 2. The van der Waals surface area contributed by atoms with Crippen molar-refractivity contribution < 1.29 is 156 Å². The molecule has 2 aromatic heterocycles. The Balaban J connectivity index is 0.000000350. The maximum absolute atomic E-state index is 12.8. The number of carboxylic acid groups (broad SMARTS) is 4. The van der Waals surface area contributed by atoms with E-state index in [-0.39, 0.29) is 93.6 Å². The van der Waals surface area contributed by atoms with Crippen LogP contribution in [0.4, 0.5) is 10.3 Å². The van der Waals surface area contributed by atoms with Crippen LogP contribution in [0.3, 0.4) is 0 Å². The normalized spacial score (nSPS) is 22.7. The summed E-state index contributed by atoms with van der Waals surface area (Å²) in [6, 6.07) is -2.80. The van der Waals surface area contributed by atoms with Gasteiger partial charge in [-0.05, 0) is 27.7 Å². The molecular weight excluding hydrogens is 979 g/mol. The summed E-state index contributed by atoms with van der Waals surface area (Å²) in [4.78, 5) is 148. The molecule has 30 nitrogen and oxygen atoms in total. The first kappa shape index (κ1) is 56.7. The third kappa shape index (κ3) is 12.2. The number of cyclic esters (lactones) is 2. The van der Waals surface area contributed by atoms with Crippen molar-refractivity contribution >= 4 is 104 Å². The molecule has 4 saturated heterocycles. The smallest absolute Gasteiger partial charge is 0.544 e. The van der Waals surface area contributed by atoms with Gasteiger partial charge in [0.1, 0.15) is 48.6 Å². The number of ether oxygens (including phenoxy) is 2. The Labute approximate surface area is 433 Å². The van der Waals surface area contributed by atoms with Gasteiger partial charge in [-0.25, -0.2) is 19.6 Å². The van der Waals surface area contributed by atoms with E-state index in [2.05, 4.69) is 30.9 Å². The van der Waals surface area contributed by atoms with Crippen molar-refractivity contribution in [2.45, 2.75) is 88.1 Å². The molecule has 4 atom stereocenters. The van der Waals surface area contributed by atoms with Gasteiger partial charge in [-0.2, -0.15) is 10.1 Å². The van der Waals surface area contributed by atoms with Crippen molar-refractivity contribution in [2.24, 2.45) is 10.3 Å². The van der Waals surface area contributed by atoms with Gasteiger partial charge in [-0.15, -0.1) is 22.7 Å². The molecule has 6 rings (SSSR count). The number of hydroxylamine groups is 4. The summed E-state index contributed by atoms with van der Waals surface area (Å²) in [7, 11) is 0. The van der Waals surface area contributed by atoms with Gasteiger partial charge in [0.2, 0.25) is 11.2 Å². The first-order chi connectivity index (χ1) is 30.7. The molecule has 0 radical (unpaired) electrons. The number of anilines is 2. The number of carbonyl (C=O) groups is 10. The van der Waals surface area contributed by atoms with Crippen LogP contribution in [0, 0.1) is 0 Å². The number of esters is 2. The molecule has 6 heterocycles. The second-order valence-corrected chi connectivity index (χ2v) is 16.6. The number of aliphatic carboxylic acids is 4. The number of nitrogens with one attached hydrogen (secondary N) is 2. The Morgan fingerprint density at radius 2 is 1.06 bits per heavy atom. The predicted octanol–water partition coefficient (Wildman–Crippen LogP) is -11.3. The zero-order chi connectivity index (χ0) is 49.1. The Hall–Kier alpha value is -5.58. The van der Waals surface area contributed by atoms with E-state index >= 15 is 0 Å². The zero-order valence-corrected chi connectivity index (χ0v) is 42.1. The summed E-state index contributed by atoms with van der Waals surface area (Å²) >= 11 is 1.93. The second kappa shape index (κ2) is 22.2. The molecule has 0 saturated carbocycles. The van der Waals surface area contributed by atoms with Crippen molar-refractivity contribution in [3.63, 3.8) is 0 Å². The van der Waals surface area contributed by atoms with E-state index in [0.29, 0.717) is 10.1 Å². The molecule has 8 N–H and O–H groups in total. The Morgan fingerprint density at radius 3 is 1.31 bits per heavy atom. The Kier molecular flexibility index (Phi) is 18.6. The van der Waals surface area contributed by atoms with Crippen LogP contribution in [-0.2, 0) is 76.8 Å². The molecule has 4 aliphatic rings. The van der Waals surface area contributed by atoms with Gasteiger partial charge in [0.05, 0.1) is 12.8 Å². The molecular formula is C34H36N10Na2O20S2. The standard InChI is InChI=1S/2C17H19N5O10S.2Na/c2*1-16(2,13(26)27)32-21-10(8-6-33-15(18)20-8)11(24)19-7-5-30-22(12(7)25)17(14(28)29)4-3-9(23)31-17;;/h2*6-7H,3-5H2,1-2H3,(H2,18,20)(H,19,24)(H,26,27)(H,28,29);;/q;;2*+1/p-2/t2*7-,17?;;/m00../s1. The van der Waals surface area contributed by atoms with Gasteiger partial charge in [0, 0.05) is 23.6 Å². The van der Waals surface area contributed by atoms with Crippen molar-refractivity contribution in [3.05, 3.63) is 22.1 Å². The van der Waals surface area contributed by atoms with E-state index in [9.17, 15) is 58.2 Å².